The summed E-state index contributed by atoms with van der Waals surface area (Å²) in [4.78, 5) is 25.6. The van der Waals surface area contributed by atoms with E-state index in [0.717, 1.165) is 5.56 Å². The van der Waals surface area contributed by atoms with Gasteiger partial charge in [0.2, 0.25) is 15.9 Å². The van der Waals surface area contributed by atoms with E-state index >= 15 is 0 Å². The summed E-state index contributed by atoms with van der Waals surface area (Å²) in [5, 5.41) is 2.96. The van der Waals surface area contributed by atoms with E-state index in [4.69, 9.17) is 4.74 Å². The summed E-state index contributed by atoms with van der Waals surface area (Å²) in [5.41, 5.74) is 1.34. The standard InChI is InChI=1S/C23H28N2O5S2/c1-3-30-23(27)19-6-10-21(11-7-19)32(28,29)25-14-12-18(13-15-25)22(26)24-16-17-4-8-20(31-2)9-5-17/h4-11,18H,3,12-16H2,1-2H3,(H,24,26). The third-order valence-electron chi connectivity index (χ3n) is 5.45. The van der Waals surface area contributed by atoms with Crippen molar-refractivity contribution in [2.45, 2.75) is 36.1 Å². The van der Waals surface area contributed by atoms with E-state index in [0.29, 0.717) is 24.9 Å². The van der Waals surface area contributed by atoms with Gasteiger partial charge in [-0.15, -0.1) is 11.8 Å². The molecule has 32 heavy (non-hydrogen) atoms. The van der Waals surface area contributed by atoms with Crippen molar-refractivity contribution in [3.05, 3.63) is 59.7 Å². The van der Waals surface area contributed by atoms with Gasteiger partial charge in [-0.1, -0.05) is 12.1 Å². The van der Waals surface area contributed by atoms with Crippen molar-refractivity contribution in [3.63, 3.8) is 0 Å². The summed E-state index contributed by atoms with van der Waals surface area (Å²) in [7, 11) is -3.68. The van der Waals surface area contributed by atoms with Gasteiger partial charge in [0.25, 0.3) is 0 Å². The van der Waals surface area contributed by atoms with Crippen LogP contribution in [0.25, 0.3) is 0 Å². The van der Waals surface area contributed by atoms with Crippen LogP contribution in [0.4, 0.5) is 0 Å². The Hall–Kier alpha value is -2.36. The summed E-state index contributed by atoms with van der Waals surface area (Å²) in [6, 6.07) is 13.8. The van der Waals surface area contributed by atoms with Gasteiger partial charge in [0, 0.05) is 30.4 Å². The summed E-state index contributed by atoms with van der Waals surface area (Å²) in [6.45, 7) is 2.99. The maximum absolute atomic E-state index is 12.9. The van der Waals surface area contributed by atoms with Gasteiger partial charge in [-0.25, -0.2) is 13.2 Å². The SMILES string of the molecule is CCOC(=O)c1ccc(S(=O)(=O)N2CCC(C(=O)NCc3ccc(SC)cc3)CC2)cc1. The highest BCUT2D eigenvalue weighted by molar-refractivity contribution is 7.98. The Balaban J connectivity index is 1.53. The van der Waals surface area contributed by atoms with Gasteiger partial charge in [-0.3, -0.25) is 4.79 Å². The molecule has 1 N–H and O–H groups in total. The fraction of sp³-hybridized carbons (Fsp3) is 0.391. The van der Waals surface area contributed by atoms with Crippen LogP contribution in [0.3, 0.4) is 0 Å². The molecule has 1 aliphatic rings. The van der Waals surface area contributed by atoms with E-state index < -0.39 is 16.0 Å². The number of carbonyl (C=O) groups is 2. The predicted octanol–water partition coefficient (Wildman–Crippen LogP) is 3.30. The Kier molecular flexibility index (Phi) is 8.33. The molecule has 0 unspecified atom stereocenters. The minimum absolute atomic E-state index is 0.0465. The monoisotopic (exact) mass is 476 g/mol. The van der Waals surface area contributed by atoms with Gasteiger partial charge in [-0.05, 0) is 68.0 Å². The summed E-state index contributed by atoms with van der Waals surface area (Å²) in [5.74, 6) is -0.739. The quantitative estimate of drug-likeness (QED) is 0.464. The number of nitrogens with one attached hydrogen (secondary N) is 1. The molecule has 2 aromatic rings. The van der Waals surface area contributed by atoms with E-state index in [2.05, 4.69) is 5.32 Å². The highest BCUT2D eigenvalue weighted by atomic mass is 32.2. The number of rotatable bonds is 8. The maximum atomic E-state index is 12.9. The van der Waals surface area contributed by atoms with Crippen LogP contribution in [0.1, 0.15) is 35.7 Å². The van der Waals surface area contributed by atoms with Crippen LogP contribution in [0.15, 0.2) is 58.3 Å². The normalized spacial score (nSPS) is 15.3. The lowest BCUT2D eigenvalue weighted by Crippen LogP contribution is -2.42. The second-order valence-electron chi connectivity index (χ2n) is 7.49. The van der Waals surface area contributed by atoms with Crippen molar-refractivity contribution in [3.8, 4) is 0 Å². The van der Waals surface area contributed by atoms with Crippen LogP contribution in [0.5, 0.6) is 0 Å². The fourth-order valence-electron chi connectivity index (χ4n) is 3.56. The fourth-order valence-corrected chi connectivity index (χ4v) is 5.44. The minimum atomic E-state index is -3.68. The number of thioether (sulfide) groups is 1. The number of nitrogens with zero attached hydrogens (tertiary/aromatic N) is 1. The molecule has 0 saturated carbocycles. The van der Waals surface area contributed by atoms with Gasteiger partial charge in [0.1, 0.15) is 0 Å². The first-order valence-electron chi connectivity index (χ1n) is 10.5. The van der Waals surface area contributed by atoms with Gasteiger partial charge in [0.05, 0.1) is 17.1 Å². The molecule has 0 radical (unpaired) electrons. The molecule has 1 heterocycles. The van der Waals surface area contributed by atoms with Crippen molar-refractivity contribution in [1.29, 1.82) is 0 Å². The number of hydrogen-bond acceptors (Lipinski definition) is 6. The smallest absolute Gasteiger partial charge is 0.338 e. The average Bonchev–Trinajstić information content (AvgIpc) is 2.83. The zero-order chi connectivity index (χ0) is 23.1. The number of sulfonamides is 1. The first kappa shape index (κ1) is 24.3. The zero-order valence-electron chi connectivity index (χ0n) is 18.2. The van der Waals surface area contributed by atoms with Crippen LogP contribution >= 0.6 is 11.8 Å². The molecule has 0 atom stereocenters. The molecule has 1 aliphatic heterocycles. The van der Waals surface area contributed by atoms with E-state index in [1.165, 1.54) is 33.5 Å². The van der Waals surface area contributed by atoms with Crippen LogP contribution in [-0.2, 0) is 26.1 Å². The largest absolute Gasteiger partial charge is 0.462 e. The first-order valence-corrected chi connectivity index (χ1v) is 13.2. The van der Waals surface area contributed by atoms with Crippen molar-refractivity contribution in [1.82, 2.24) is 9.62 Å². The molecule has 7 nitrogen and oxygen atoms in total. The summed E-state index contributed by atoms with van der Waals surface area (Å²) < 4.78 is 32.2. The van der Waals surface area contributed by atoms with Gasteiger partial charge in [-0.2, -0.15) is 4.31 Å². The number of esters is 1. The zero-order valence-corrected chi connectivity index (χ0v) is 19.9. The van der Waals surface area contributed by atoms with Crippen LogP contribution in [0, 0.1) is 5.92 Å². The Morgan fingerprint density at radius 2 is 1.69 bits per heavy atom. The molecule has 1 amide bonds. The second kappa shape index (κ2) is 11.0. The summed E-state index contributed by atoms with van der Waals surface area (Å²) in [6.07, 6.45) is 2.96. The maximum Gasteiger partial charge on any atom is 0.338 e. The molecular weight excluding hydrogens is 448 g/mol. The van der Waals surface area contributed by atoms with Crippen molar-refractivity contribution in [2.24, 2.45) is 5.92 Å². The number of hydrogen-bond donors (Lipinski definition) is 1. The van der Waals surface area contributed by atoms with Crippen molar-refractivity contribution >= 4 is 33.7 Å². The molecule has 0 spiro atoms. The Labute approximate surface area is 193 Å². The van der Waals surface area contributed by atoms with Gasteiger partial charge in [0.15, 0.2) is 0 Å². The predicted molar refractivity (Wildman–Crippen MR) is 124 cm³/mol. The Bertz CT molecular complexity index is 1030. The molecule has 0 aliphatic carbocycles. The van der Waals surface area contributed by atoms with Crippen molar-refractivity contribution < 1.29 is 22.7 Å². The van der Waals surface area contributed by atoms with Crippen LogP contribution < -0.4 is 5.32 Å². The molecule has 172 valence electrons. The number of piperidine rings is 1. The topological polar surface area (TPSA) is 92.8 Å². The number of benzene rings is 2. The molecule has 1 fully saturated rings. The highest BCUT2D eigenvalue weighted by Gasteiger charge is 2.32. The van der Waals surface area contributed by atoms with E-state index in [1.54, 1.807) is 18.7 Å². The number of ether oxygens (including phenoxy) is 1. The number of carbonyl (C=O) groups excluding carboxylic acids is 2. The molecule has 0 bridgehead atoms. The second-order valence-corrected chi connectivity index (χ2v) is 10.3. The average molecular weight is 477 g/mol. The molecule has 0 aromatic heterocycles. The summed E-state index contributed by atoms with van der Waals surface area (Å²) >= 11 is 1.67. The lowest BCUT2D eigenvalue weighted by molar-refractivity contribution is -0.126. The molecular formula is C23H28N2O5S2. The Morgan fingerprint density at radius 1 is 1.06 bits per heavy atom. The third-order valence-corrected chi connectivity index (χ3v) is 8.11. The lowest BCUT2D eigenvalue weighted by Gasteiger charge is -2.30. The molecule has 9 heteroatoms. The first-order chi connectivity index (χ1) is 15.3. The number of amides is 1. The third kappa shape index (κ3) is 5.90. The minimum Gasteiger partial charge on any atom is -0.462 e. The van der Waals surface area contributed by atoms with Gasteiger partial charge < -0.3 is 10.1 Å². The van der Waals surface area contributed by atoms with Crippen molar-refractivity contribution in [2.75, 3.05) is 26.0 Å². The highest BCUT2D eigenvalue weighted by Crippen LogP contribution is 2.24. The van der Waals surface area contributed by atoms with Gasteiger partial charge >= 0.3 is 5.97 Å². The lowest BCUT2D eigenvalue weighted by atomic mass is 9.97. The van der Waals surface area contributed by atoms with E-state index in [-0.39, 0.29) is 36.4 Å². The van der Waals surface area contributed by atoms with Crippen LogP contribution in [-0.4, -0.2) is 50.6 Å². The molecule has 3 rings (SSSR count). The van der Waals surface area contributed by atoms with E-state index in [1.807, 2.05) is 30.5 Å². The van der Waals surface area contributed by atoms with E-state index in [9.17, 15) is 18.0 Å². The Morgan fingerprint density at radius 3 is 2.25 bits per heavy atom. The van der Waals surface area contributed by atoms with Crippen LogP contribution in [0.2, 0.25) is 0 Å². The molecule has 1 saturated heterocycles. The molecule has 2 aromatic carbocycles.